The molecule has 1 fully saturated rings. The smallest absolute Gasteiger partial charge is 0.338 e. The van der Waals surface area contributed by atoms with E-state index in [-0.39, 0.29) is 29.5 Å². The van der Waals surface area contributed by atoms with E-state index in [1.54, 1.807) is 56.3 Å². The molecule has 0 saturated carbocycles. The minimum atomic E-state index is -0.845. The number of ether oxygens (including phenoxy) is 3. The highest BCUT2D eigenvalue weighted by Crippen LogP contribution is 2.42. The number of carbonyl (C=O) groups is 3. The van der Waals surface area contributed by atoms with E-state index in [0.717, 1.165) is 5.56 Å². The Labute approximate surface area is 227 Å². The molecule has 1 amide bonds. The van der Waals surface area contributed by atoms with Crippen LogP contribution in [0.4, 0.5) is 0 Å². The zero-order valence-electron chi connectivity index (χ0n) is 22.6. The SMILES string of the molecule is COc1ccc(/C(O)=C2/C(=O)C(=O)N(Cc3ccc(C(=O)OC(C)C)cc3)C2c2cccc(C)c2)c(OC)c1. The van der Waals surface area contributed by atoms with Gasteiger partial charge in [-0.1, -0.05) is 42.0 Å². The second-order valence-corrected chi connectivity index (χ2v) is 9.56. The Bertz CT molecular complexity index is 1440. The maximum atomic E-state index is 13.4. The summed E-state index contributed by atoms with van der Waals surface area (Å²) in [7, 11) is 2.96. The number of hydrogen-bond acceptors (Lipinski definition) is 7. The van der Waals surface area contributed by atoms with Gasteiger partial charge in [-0.25, -0.2) is 4.79 Å². The molecule has 0 spiro atoms. The Kier molecular flexibility index (Phi) is 8.04. The van der Waals surface area contributed by atoms with Crippen molar-refractivity contribution in [2.75, 3.05) is 14.2 Å². The van der Waals surface area contributed by atoms with E-state index in [2.05, 4.69) is 0 Å². The predicted molar refractivity (Wildman–Crippen MR) is 146 cm³/mol. The number of Topliss-reactive ketones (excluding diaryl/α,β-unsaturated/α-hetero) is 1. The minimum absolute atomic E-state index is 0.0359. The van der Waals surface area contributed by atoms with Gasteiger partial charge >= 0.3 is 5.97 Å². The summed E-state index contributed by atoms with van der Waals surface area (Å²) < 4.78 is 15.9. The van der Waals surface area contributed by atoms with Gasteiger partial charge < -0.3 is 24.2 Å². The van der Waals surface area contributed by atoms with E-state index in [1.165, 1.54) is 19.1 Å². The number of ketones is 1. The summed E-state index contributed by atoms with van der Waals surface area (Å²) in [6.07, 6.45) is -0.247. The molecule has 8 heteroatoms. The summed E-state index contributed by atoms with van der Waals surface area (Å²) in [5.74, 6) is -1.50. The lowest BCUT2D eigenvalue weighted by atomic mass is 9.94. The molecule has 1 N–H and O–H groups in total. The highest BCUT2D eigenvalue weighted by Gasteiger charge is 2.46. The summed E-state index contributed by atoms with van der Waals surface area (Å²) in [6, 6.07) is 18.1. The van der Waals surface area contributed by atoms with Crippen molar-refractivity contribution in [1.82, 2.24) is 4.90 Å². The molecule has 0 radical (unpaired) electrons. The Balaban J connectivity index is 1.78. The average molecular weight is 530 g/mol. The van der Waals surface area contributed by atoms with Crippen LogP contribution >= 0.6 is 0 Å². The number of likely N-dealkylation sites (tertiary alicyclic amines) is 1. The normalized spacial score (nSPS) is 16.5. The standard InChI is InChI=1S/C31H31NO7/c1-18(2)39-31(36)21-11-9-20(10-12-21)17-32-27(22-8-6-7-19(3)15-22)26(29(34)30(32)35)28(33)24-14-13-23(37-4)16-25(24)38-5/h6-16,18,27,33H,17H2,1-5H3/b28-26-. The van der Waals surface area contributed by atoms with Crippen LogP contribution in [0.1, 0.15) is 52.5 Å². The number of esters is 1. The van der Waals surface area contributed by atoms with Crippen LogP contribution in [0.3, 0.4) is 0 Å². The van der Waals surface area contributed by atoms with Crippen LogP contribution in [0.25, 0.3) is 5.76 Å². The summed E-state index contributed by atoms with van der Waals surface area (Å²) in [5.41, 5.74) is 2.94. The summed E-state index contributed by atoms with van der Waals surface area (Å²) in [5, 5.41) is 11.4. The lowest BCUT2D eigenvalue weighted by Crippen LogP contribution is -2.29. The second-order valence-electron chi connectivity index (χ2n) is 9.56. The van der Waals surface area contributed by atoms with Crippen molar-refractivity contribution in [3.05, 3.63) is 100 Å². The van der Waals surface area contributed by atoms with Crippen molar-refractivity contribution in [2.24, 2.45) is 0 Å². The van der Waals surface area contributed by atoms with Gasteiger partial charge in [-0.2, -0.15) is 0 Å². The van der Waals surface area contributed by atoms with Crippen molar-refractivity contribution in [2.45, 2.75) is 39.5 Å². The number of aliphatic hydroxyl groups excluding tert-OH is 1. The van der Waals surface area contributed by atoms with E-state index in [9.17, 15) is 19.5 Å². The van der Waals surface area contributed by atoms with Gasteiger partial charge in [0.2, 0.25) is 0 Å². The molecule has 39 heavy (non-hydrogen) atoms. The second kappa shape index (κ2) is 11.4. The van der Waals surface area contributed by atoms with Gasteiger partial charge in [0, 0.05) is 12.6 Å². The molecule has 1 atom stereocenters. The van der Waals surface area contributed by atoms with Gasteiger partial charge in [-0.3, -0.25) is 9.59 Å². The number of rotatable bonds is 8. The first-order valence-electron chi connectivity index (χ1n) is 12.5. The minimum Gasteiger partial charge on any atom is -0.507 e. The van der Waals surface area contributed by atoms with Crippen LogP contribution in [0.5, 0.6) is 11.5 Å². The first kappa shape index (κ1) is 27.4. The molecular formula is C31H31NO7. The monoisotopic (exact) mass is 529 g/mol. The summed E-state index contributed by atoms with van der Waals surface area (Å²) in [4.78, 5) is 40.5. The first-order chi connectivity index (χ1) is 18.6. The number of carbonyl (C=O) groups excluding carboxylic acids is 3. The maximum Gasteiger partial charge on any atom is 0.338 e. The third kappa shape index (κ3) is 5.65. The number of aliphatic hydroxyl groups is 1. The van der Waals surface area contributed by atoms with Crippen LogP contribution in [-0.4, -0.2) is 48.0 Å². The largest absolute Gasteiger partial charge is 0.507 e. The van der Waals surface area contributed by atoms with E-state index in [0.29, 0.717) is 28.2 Å². The summed E-state index contributed by atoms with van der Waals surface area (Å²) >= 11 is 0. The lowest BCUT2D eigenvalue weighted by molar-refractivity contribution is -0.140. The number of methoxy groups -OCH3 is 2. The third-order valence-corrected chi connectivity index (χ3v) is 6.45. The number of amides is 1. The lowest BCUT2D eigenvalue weighted by Gasteiger charge is -2.26. The van der Waals surface area contributed by atoms with Crippen molar-refractivity contribution in [3.8, 4) is 11.5 Å². The van der Waals surface area contributed by atoms with Gasteiger partial charge in [0.25, 0.3) is 11.7 Å². The maximum absolute atomic E-state index is 13.4. The van der Waals surface area contributed by atoms with Crippen LogP contribution in [0, 0.1) is 6.92 Å². The number of aryl methyl sites for hydroxylation is 1. The summed E-state index contributed by atoms with van der Waals surface area (Å²) in [6.45, 7) is 5.54. The fourth-order valence-electron chi connectivity index (χ4n) is 4.59. The Morgan fingerprint density at radius 3 is 2.31 bits per heavy atom. The number of nitrogens with zero attached hydrogens (tertiary/aromatic N) is 1. The molecule has 1 aliphatic heterocycles. The Hall–Kier alpha value is -4.59. The van der Waals surface area contributed by atoms with Crippen molar-refractivity contribution >= 4 is 23.4 Å². The highest BCUT2D eigenvalue weighted by atomic mass is 16.5. The molecule has 0 aromatic heterocycles. The molecule has 4 rings (SSSR count). The molecule has 0 bridgehead atoms. The fraction of sp³-hybridized carbons (Fsp3) is 0.258. The van der Waals surface area contributed by atoms with Crippen molar-refractivity contribution in [3.63, 3.8) is 0 Å². The molecule has 3 aromatic rings. The average Bonchev–Trinajstić information content (AvgIpc) is 3.17. The fourth-order valence-corrected chi connectivity index (χ4v) is 4.59. The molecule has 1 heterocycles. The zero-order valence-corrected chi connectivity index (χ0v) is 22.6. The van der Waals surface area contributed by atoms with Crippen molar-refractivity contribution < 1.29 is 33.7 Å². The zero-order chi connectivity index (χ0) is 28.3. The first-order valence-corrected chi connectivity index (χ1v) is 12.5. The number of hydrogen-bond donors (Lipinski definition) is 1. The van der Waals surface area contributed by atoms with Gasteiger partial charge in [0.15, 0.2) is 0 Å². The predicted octanol–water partition coefficient (Wildman–Crippen LogP) is 5.20. The van der Waals surface area contributed by atoms with Gasteiger partial charge in [-0.05, 0) is 56.2 Å². The molecule has 1 saturated heterocycles. The topological polar surface area (TPSA) is 102 Å². The Morgan fingerprint density at radius 2 is 1.69 bits per heavy atom. The van der Waals surface area contributed by atoms with Gasteiger partial charge in [0.1, 0.15) is 17.3 Å². The van der Waals surface area contributed by atoms with Crippen LogP contribution < -0.4 is 9.47 Å². The molecule has 1 aliphatic rings. The van der Waals surface area contributed by atoms with Gasteiger partial charge in [0.05, 0.1) is 43.1 Å². The molecule has 1 unspecified atom stereocenters. The van der Waals surface area contributed by atoms with E-state index in [4.69, 9.17) is 14.2 Å². The van der Waals surface area contributed by atoms with Crippen LogP contribution in [-0.2, 0) is 20.9 Å². The third-order valence-electron chi connectivity index (χ3n) is 6.45. The van der Waals surface area contributed by atoms with E-state index >= 15 is 0 Å². The molecular weight excluding hydrogens is 498 g/mol. The molecule has 0 aliphatic carbocycles. The molecule has 202 valence electrons. The van der Waals surface area contributed by atoms with Crippen LogP contribution in [0.2, 0.25) is 0 Å². The quantitative estimate of drug-likeness (QED) is 0.185. The number of benzene rings is 3. The van der Waals surface area contributed by atoms with E-state index in [1.807, 2.05) is 31.2 Å². The van der Waals surface area contributed by atoms with Crippen LogP contribution in [0.15, 0.2) is 72.3 Å². The molecule has 8 nitrogen and oxygen atoms in total. The molecule has 3 aromatic carbocycles. The van der Waals surface area contributed by atoms with Crippen molar-refractivity contribution in [1.29, 1.82) is 0 Å². The van der Waals surface area contributed by atoms with Gasteiger partial charge in [-0.15, -0.1) is 0 Å². The van der Waals surface area contributed by atoms with E-state index < -0.39 is 23.7 Å². The highest BCUT2D eigenvalue weighted by molar-refractivity contribution is 6.46. The Morgan fingerprint density at radius 1 is 0.974 bits per heavy atom.